The van der Waals surface area contributed by atoms with Crippen molar-refractivity contribution in [3.05, 3.63) is 36.0 Å². The largest absolute Gasteiger partial charge is 0.454 e. The van der Waals surface area contributed by atoms with Gasteiger partial charge in [-0.05, 0) is 44.1 Å². The summed E-state index contributed by atoms with van der Waals surface area (Å²) in [7, 11) is 3.05. The van der Waals surface area contributed by atoms with Crippen molar-refractivity contribution in [2.75, 3.05) is 14.2 Å². The maximum Gasteiger partial charge on any atom is 0.331 e. The summed E-state index contributed by atoms with van der Waals surface area (Å²) in [6.07, 6.45) is 10.0. The van der Waals surface area contributed by atoms with Crippen molar-refractivity contribution < 1.29 is 33.8 Å². The molecule has 5 atom stereocenters. The van der Waals surface area contributed by atoms with E-state index in [2.05, 4.69) is 0 Å². The van der Waals surface area contributed by atoms with Gasteiger partial charge in [0.05, 0.1) is 12.0 Å². The second-order valence-corrected chi connectivity index (χ2v) is 9.99. The second kappa shape index (κ2) is 14.2. The molecular weight excluding hydrogens is 462 g/mol. The summed E-state index contributed by atoms with van der Waals surface area (Å²) in [4.78, 5) is 50.6. The van der Waals surface area contributed by atoms with Crippen LogP contribution >= 0.6 is 0 Å². The van der Waals surface area contributed by atoms with Crippen molar-refractivity contribution in [2.45, 2.75) is 84.0 Å². The number of ketones is 1. The number of aliphatic hydroxyl groups excluding tert-OH is 1. The van der Waals surface area contributed by atoms with Gasteiger partial charge in [-0.2, -0.15) is 0 Å². The zero-order valence-corrected chi connectivity index (χ0v) is 22.1. The number of esters is 1. The molecule has 2 aliphatic rings. The highest BCUT2D eigenvalue weighted by atomic mass is 16.5. The van der Waals surface area contributed by atoms with E-state index in [9.17, 15) is 24.3 Å². The first-order valence-corrected chi connectivity index (χ1v) is 12.8. The fraction of sp³-hybridized carbons (Fsp3) is 0.643. The number of amides is 2. The quantitative estimate of drug-likeness (QED) is 0.321. The van der Waals surface area contributed by atoms with Gasteiger partial charge < -0.3 is 14.6 Å². The molecule has 0 radical (unpaired) electrons. The van der Waals surface area contributed by atoms with Gasteiger partial charge in [0.1, 0.15) is 18.0 Å². The monoisotopic (exact) mass is 503 g/mol. The van der Waals surface area contributed by atoms with Crippen LogP contribution in [0.5, 0.6) is 0 Å². The number of piperidine rings is 1. The molecule has 0 bridgehead atoms. The van der Waals surface area contributed by atoms with Crippen LogP contribution in [0.4, 0.5) is 0 Å². The van der Waals surface area contributed by atoms with Gasteiger partial charge in [-0.25, -0.2) is 4.79 Å². The molecule has 0 aliphatic carbocycles. The van der Waals surface area contributed by atoms with E-state index in [1.807, 2.05) is 25.2 Å². The lowest BCUT2D eigenvalue weighted by Gasteiger charge is -2.28. The molecule has 2 heterocycles. The Morgan fingerprint density at radius 3 is 2.47 bits per heavy atom. The number of carbonyl (C=O) groups is 4. The van der Waals surface area contributed by atoms with E-state index in [-0.39, 0.29) is 35.9 Å². The maximum absolute atomic E-state index is 13.1. The molecule has 36 heavy (non-hydrogen) atoms. The summed E-state index contributed by atoms with van der Waals surface area (Å²) < 4.78 is 11.2. The first kappa shape index (κ1) is 29.6. The standard InChI is InChI=1S/C28H41NO7/c1-18-15-19(2)28(36-26(33)14-9-7-6-8-13-23(35-5)27(18)34)20(3)22(30)12-10-11-21-16-24(31)29(4)25(32)17-21/h8-9,13-15,18,20-21,23,27-28,34H,6-7,10-12,16-17H2,1-5H3/t18-,20-,23+,27+,28?/m1/s1. The average Bonchev–Trinajstić information content (AvgIpc) is 2.83. The normalized spacial score (nSPS) is 27.9. The van der Waals surface area contributed by atoms with Crippen LogP contribution < -0.4 is 0 Å². The van der Waals surface area contributed by atoms with E-state index in [1.165, 1.54) is 13.1 Å². The van der Waals surface area contributed by atoms with E-state index in [0.29, 0.717) is 44.1 Å². The number of nitrogens with zero attached hydrogens (tertiary/aromatic N) is 1. The SMILES string of the molecule is CO[C@H]1C=CCCC=CC(=O)OC([C@H](C)C(=O)CCCC2CC(=O)N(C)C(=O)C2)C(C)=C[C@@H](C)[C@@H]1O. The van der Waals surface area contributed by atoms with Crippen LogP contribution in [-0.4, -0.2) is 66.0 Å². The molecular formula is C28H41NO7. The van der Waals surface area contributed by atoms with Crippen LogP contribution in [0.1, 0.15) is 65.7 Å². The van der Waals surface area contributed by atoms with Crippen molar-refractivity contribution in [1.82, 2.24) is 4.90 Å². The number of cyclic esters (lactones) is 1. The van der Waals surface area contributed by atoms with Crippen LogP contribution in [0.25, 0.3) is 0 Å². The molecule has 2 rings (SSSR count). The highest BCUT2D eigenvalue weighted by Crippen LogP contribution is 2.27. The number of allylic oxidation sites excluding steroid dienone is 2. The van der Waals surface area contributed by atoms with Crippen LogP contribution in [-0.2, 0) is 28.7 Å². The Morgan fingerprint density at radius 2 is 1.83 bits per heavy atom. The Balaban J connectivity index is 2.11. The highest BCUT2D eigenvalue weighted by molar-refractivity contribution is 5.97. The zero-order valence-electron chi connectivity index (χ0n) is 22.1. The minimum absolute atomic E-state index is 0.0478. The van der Waals surface area contributed by atoms with Gasteiger partial charge in [0, 0.05) is 45.4 Å². The third-order valence-corrected chi connectivity index (χ3v) is 7.12. The predicted molar refractivity (Wildman–Crippen MR) is 136 cm³/mol. The van der Waals surface area contributed by atoms with Gasteiger partial charge in [-0.3, -0.25) is 19.3 Å². The zero-order chi connectivity index (χ0) is 26.8. The van der Waals surface area contributed by atoms with E-state index in [1.54, 1.807) is 27.0 Å². The number of hydrogen-bond acceptors (Lipinski definition) is 7. The third-order valence-electron chi connectivity index (χ3n) is 7.12. The molecule has 8 heteroatoms. The van der Waals surface area contributed by atoms with Crippen LogP contribution in [0.2, 0.25) is 0 Å². The number of ether oxygens (including phenoxy) is 2. The van der Waals surface area contributed by atoms with Crippen molar-refractivity contribution >= 4 is 23.6 Å². The van der Waals surface area contributed by atoms with Crippen molar-refractivity contribution in [1.29, 1.82) is 0 Å². The number of carbonyl (C=O) groups excluding carboxylic acids is 4. The number of likely N-dealkylation sites (tertiary alicyclic amines) is 1. The molecule has 200 valence electrons. The Hall–Kier alpha value is -2.58. The molecule has 0 saturated carbocycles. The molecule has 1 unspecified atom stereocenters. The summed E-state index contributed by atoms with van der Waals surface area (Å²) in [5.74, 6) is -1.87. The smallest absolute Gasteiger partial charge is 0.331 e. The number of aliphatic hydroxyl groups is 1. The summed E-state index contributed by atoms with van der Waals surface area (Å²) in [5.41, 5.74) is 0.687. The van der Waals surface area contributed by atoms with Gasteiger partial charge in [-0.15, -0.1) is 0 Å². The predicted octanol–water partition coefficient (Wildman–Crippen LogP) is 3.53. The van der Waals surface area contributed by atoms with E-state index in [0.717, 1.165) is 4.90 Å². The maximum atomic E-state index is 13.1. The van der Waals surface area contributed by atoms with E-state index in [4.69, 9.17) is 9.47 Å². The third kappa shape index (κ3) is 8.52. The summed E-state index contributed by atoms with van der Waals surface area (Å²) in [6, 6.07) is 0. The molecule has 0 aromatic carbocycles. The summed E-state index contributed by atoms with van der Waals surface area (Å²) in [5, 5.41) is 10.8. The van der Waals surface area contributed by atoms with E-state index < -0.39 is 30.2 Å². The van der Waals surface area contributed by atoms with Crippen molar-refractivity contribution in [3.63, 3.8) is 0 Å². The average molecular weight is 504 g/mol. The highest BCUT2D eigenvalue weighted by Gasteiger charge is 2.32. The lowest BCUT2D eigenvalue weighted by Crippen LogP contribution is -2.40. The number of hydrogen-bond donors (Lipinski definition) is 1. The molecule has 1 N–H and O–H groups in total. The number of methoxy groups -OCH3 is 1. The van der Waals surface area contributed by atoms with Gasteiger partial charge in [0.2, 0.25) is 11.8 Å². The molecule has 1 fully saturated rings. The van der Waals surface area contributed by atoms with Crippen LogP contribution in [0.15, 0.2) is 36.0 Å². The Kier molecular flexibility index (Phi) is 11.7. The van der Waals surface area contributed by atoms with Gasteiger partial charge in [0.25, 0.3) is 0 Å². The fourth-order valence-electron chi connectivity index (χ4n) is 4.74. The van der Waals surface area contributed by atoms with E-state index >= 15 is 0 Å². The van der Waals surface area contributed by atoms with Crippen LogP contribution in [0, 0.1) is 17.8 Å². The molecule has 2 aliphatic heterocycles. The topological polar surface area (TPSA) is 110 Å². The Morgan fingerprint density at radius 1 is 1.19 bits per heavy atom. The van der Waals surface area contributed by atoms with Crippen LogP contribution in [0.3, 0.4) is 0 Å². The second-order valence-electron chi connectivity index (χ2n) is 9.99. The fourth-order valence-corrected chi connectivity index (χ4v) is 4.74. The number of imide groups is 1. The van der Waals surface area contributed by atoms with Gasteiger partial charge in [0.15, 0.2) is 0 Å². The lowest BCUT2D eigenvalue weighted by atomic mass is 9.86. The summed E-state index contributed by atoms with van der Waals surface area (Å²) in [6.45, 7) is 5.40. The first-order chi connectivity index (χ1) is 17.0. The minimum Gasteiger partial charge on any atom is -0.454 e. The molecule has 0 aromatic heterocycles. The number of rotatable bonds is 7. The Labute approximate surface area is 214 Å². The molecule has 8 nitrogen and oxygen atoms in total. The van der Waals surface area contributed by atoms with Gasteiger partial charge in [-0.1, -0.05) is 38.2 Å². The minimum atomic E-state index is -0.804. The molecule has 0 spiro atoms. The van der Waals surface area contributed by atoms with Crippen molar-refractivity contribution in [3.8, 4) is 0 Å². The Bertz CT molecular complexity index is 872. The van der Waals surface area contributed by atoms with Crippen molar-refractivity contribution in [2.24, 2.45) is 17.8 Å². The molecule has 0 aromatic rings. The van der Waals surface area contributed by atoms with Gasteiger partial charge >= 0.3 is 5.97 Å². The summed E-state index contributed by atoms with van der Waals surface area (Å²) >= 11 is 0. The molecule has 2 amide bonds. The number of Topliss-reactive ketones (excluding diaryl/α,β-unsaturated/α-hetero) is 1. The first-order valence-electron chi connectivity index (χ1n) is 12.8. The lowest BCUT2D eigenvalue weighted by molar-refractivity contribution is -0.148. The molecule has 1 saturated heterocycles.